The van der Waals surface area contributed by atoms with Crippen molar-refractivity contribution >= 4 is 0 Å². The van der Waals surface area contributed by atoms with Gasteiger partial charge in [-0.25, -0.2) is 15.0 Å². The van der Waals surface area contributed by atoms with Gasteiger partial charge in [0, 0.05) is 47.0 Å². The number of H-pyrrole nitrogens is 2. The molecule has 0 fully saturated rings. The van der Waals surface area contributed by atoms with Crippen LogP contribution in [0.15, 0.2) is 116 Å². The molecular formula is C29H21N5. The Hall–Kier alpha value is -4.77. The van der Waals surface area contributed by atoms with Gasteiger partial charge in [-0.15, -0.1) is 0 Å². The van der Waals surface area contributed by atoms with Crippen LogP contribution < -0.4 is 0 Å². The molecule has 0 unspecified atom stereocenters. The highest BCUT2D eigenvalue weighted by molar-refractivity contribution is 5.95. The first-order valence-electron chi connectivity index (χ1n) is 11.1. The third kappa shape index (κ3) is 3.59. The number of hydrogen-bond donors (Lipinski definition) is 2. The maximum absolute atomic E-state index is 4.91. The van der Waals surface area contributed by atoms with E-state index in [9.17, 15) is 0 Å². The second-order valence-electron chi connectivity index (χ2n) is 7.93. The molecule has 5 heteroatoms. The topological polar surface area (TPSA) is 70.2 Å². The SMILES string of the molecule is c1ccc(-c2ccnc(-c3ccccc3-c3[nH]cc(-c4ccccc4)c3-c3ncc[nH]3)n2)cc1. The molecule has 2 N–H and O–H groups in total. The van der Waals surface area contributed by atoms with Gasteiger partial charge in [0.25, 0.3) is 0 Å². The molecule has 0 saturated heterocycles. The first-order chi connectivity index (χ1) is 16.9. The third-order valence-electron chi connectivity index (χ3n) is 5.86. The predicted octanol–water partition coefficient (Wildman–Crippen LogP) is 6.86. The number of aromatic amines is 2. The third-order valence-corrected chi connectivity index (χ3v) is 5.86. The molecule has 34 heavy (non-hydrogen) atoms. The molecule has 3 aromatic heterocycles. The Morgan fingerprint density at radius 2 is 1.26 bits per heavy atom. The number of nitrogens with zero attached hydrogens (tertiary/aromatic N) is 3. The highest BCUT2D eigenvalue weighted by Crippen LogP contribution is 2.41. The summed E-state index contributed by atoms with van der Waals surface area (Å²) in [4.78, 5) is 20.9. The van der Waals surface area contributed by atoms with Crippen molar-refractivity contribution < 1.29 is 0 Å². The van der Waals surface area contributed by atoms with Crippen LogP contribution in [-0.2, 0) is 0 Å². The molecular weight excluding hydrogens is 418 g/mol. The van der Waals surface area contributed by atoms with Crippen molar-refractivity contribution in [3.8, 4) is 56.4 Å². The van der Waals surface area contributed by atoms with Crippen LogP contribution in [-0.4, -0.2) is 24.9 Å². The van der Waals surface area contributed by atoms with E-state index < -0.39 is 0 Å². The lowest BCUT2D eigenvalue weighted by Gasteiger charge is -2.11. The Balaban J connectivity index is 1.53. The molecule has 6 aromatic rings. The minimum atomic E-state index is 0.679. The Kier molecular flexibility index (Phi) is 5.05. The molecule has 0 spiro atoms. The van der Waals surface area contributed by atoms with Gasteiger partial charge in [-0.1, -0.05) is 84.9 Å². The van der Waals surface area contributed by atoms with Gasteiger partial charge in [-0.05, 0) is 11.6 Å². The summed E-state index contributed by atoms with van der Waals surface area (Å²) in [6, 6.07) is 30.7. The van der Waals surface area contributed by atoms with Crippen molar-refractivity contribution in [1.29, 1.82) is 0 Å². The molecule has 3 aromatic carbocycles. The Labute approximate surface area is 197 Å². The standard InChI is InChI=1S/C29H21N5/c1-3-9-20(10-4-1)24-19-33-27(26(24)29-31-17-18-32-29)22-13-7-8-14-23(22)28-30-16-15-25(34-28)21-11-5-2-6-12-21/h1-19,33H,(H,31,32). The Morgan fingerprint density at radius 3 is 2.00 bits per heavy atom. The van der Waals surface area contributed by atoms with E-state index in [1.807, 2.05) is 73.2 Å². The van der Waals surface area contributed by atoms with E-state index in [1.165, 1.54) is 0 Å². The van der Waals surface area contributed by atoms with E-state index in [2.05, 4.69) is 56.3 Å². The fourth-order valence-corrected chi connectivity index (χ4v) is 4.28. The lowest BCUT2D eigenvalue weighted by atomic mass is 9.96. The van der Waals surface area contributed by atoms with Gasteiger partial charge in [-0.3, -0.25) is 0 Å². The first-order valence-corrected chi connectivity index (χ1v) is 11.1. The molecule has 162 valence electrons. The van der Waals surface area contributed by atoms with Crippen molar-refractivity contribution in [2.75, 3.05) is 0 Å². The fraction of sp³-hybridized carbons (Fsp3) is 0. The molecule has 0 saturated carbocycles. The lowest BCUT2D eigenvalue weighted by Crippen LogP contribution is -1.95. The Bertz CT molecular complexity index is 1530. The molecule has 0 atom stereocenters. The summed E-state index contributed by atoms with van der Waals surface area (Å²) >= 11 is 0. The van der Waals surface area contributed by atoms with Crippen LogP contribution in [0.2, 0.25) is 0 Å². The van der Waals surface area contributed by atoms with Crippen molar-refractivity contribution in [2.45, 2.75) is 0 Å². The van der Waals surface area contributed by atoms with Gasteiger partial charge in [0.05, 0.1) is 17.0 Å². The number of imidazole rings is 1. The van der Waals surface area contributed by atoms with Crippen LogP contribution in [0.5, 0.6) is 0 Å². The molecule has 0 aliphatic rings. The zero-order valence-corrected chi connectivity index (χ0v) is 18.3. The second kappa shape index (κ2) is 8.64. The first kappa shape index (κ1) is 19.9. The van der Waals surface area contributed by atoms with Crippen LogP contribution >= 0.6 is 0 Å². The van der Waals surface area contributed by atoms with Crippen LogP contribution in [0.4, 0.5) is 0 Å². The zero-order valence-electron chi connectivity index (χ0n) is 18.3. The molecule has 0 aliphatic heterocycles. The fourth-order valence-electron chi connectivity index (χ4n) is 4.28. The summed E-state index contributed by atoms with van der Waals surface area (Å²) in [5.41, 5.74) is 8.11. The molecule has 6 rings (SSSR count). The summed E-state index contributed by atoms with van der Waals surface area (Å²) in [5, 5.41) is 0. The minimum absolute atomic E-state index is 0.679. The van der Waals surface area contributed by atoms with E-state index in [1.54, 1.807) is 6.20 Å². The quantitative estimate of drug-likeness (QED) is 0.308. The molecule has 0 amide bonds. The van der Waals surface area contributed by atoms with Gasteiger partial charge in [0.15, 0.2) is 5.82 Å². The van der Waals surface area contributed by atoms with Crippen LogP contribution in [0.1, 0.15) is 0 Å². The largest absolute Gasteiger partial charge is 0.360 e. The summed E-state index contributed by atoms with van der Waals surface area (Å²) in [6.07, 6.45) is 7.48. The number of rotatable bonds is 5. The number of hydrogen-bond acceptors (Lipinski definition) is 3. The maximum atomic E-state index is 4.91. The smallest absolute Gasteiger partial charge is 0.160 e. The van der Waals surface area contributed by atoms with Gasteiger partial charge >= 0.3 is 0 Å². The monoisotopic (exact) mass is 439 g/mol. The second-order valence-corrected chi connectivity index (χ2v) is 7.93. The average Bonchev–Trinajstić information content (AvgIpc) is 3.60. The number of nitrogens with one attached hydrogen (secondary N) is 2. The van der Waals surface area contributed by atoms with Gasteiger partial charge in [0.2, 0.25) is 0 Å². The summed E-state index contributed by atoms with van der Waals surface area (Å²) in [6.45, 7) is 0. The lowest BCUT2D eigenvalue weighted by molar-refractivity contribution is 1.18. The van der Waals surface area contributed by atoms with Crippen LogP contribution in [0, 0.1) is 0 Å². The van der Waals surface area contributed by atoms with Crippen molar-refractivity contribution in [2.24, 2.45) is 0 Å². The number of aromatic nitrogens is 5. The highest BCUT2D eigenvalue weighted by Gasteiger charge is 2.21. The minimum Gasteiger partial charge on any atom is -0.360 e. The summed E-state index contributed by atoms with van der Waals surface area (Å²) in [5.74, 6) is 1.49. The molecule has 5 nitrogen and oxygen atoms in total. The number of benzene rings is 3. The predicted molar refractivity (Wildman–Crippen MR) is 136 cm³/mol. The van der Waals surface area contributed by atoms with Gasteiger partial charge < -0.3 is 9.97 Å². The highest BCUT2D eigenvalue weighted by atomic mass is 14.9. The van der Waals surface area contributed by atoms with E-state index in [4.69, 9.17) is 4.98 Å². The van der Waals surface area contributed by atoms with E-state index >= 15 is 0 Å². The van der Waals surface area contributed by atoms with E-state index in [-0.39, 0.29) is 0 Å². The van der Waals surface area contributed by atoms with Crippen molar-refractivity contribution in [1.82, 2.24) is 24.9 Å². The van der Waals surface area contributed by atoms with Crippen molar-refractivity contribution in [3.63, 3.8) is 0 Å². The average molecular weight is 440 g/mol. The van der Waals surface area contributed by atoms with Crippen LogP contribution in [0.3, 0.4) is 0 Å². The molecule has 0 bridgehead atoms. The van der Waals surface area contributed by atoms with E-state index in [0.717, 1.165) is 50.6 Å². The van der Waals surface area contributed by atoms with Crippen LogP contribution in [0.25, 0.3) is 56.4 Å². The Morgan fingerprint density at radius 1 is 0.559 bits per heavy atom. The summed E-state index contributed by atoms with van der Waals surface area (Å²) < 4.78 is 0. The van der Waals surface area contributed by atoms with Crippen molar-refractivity contribution in [3.05, 3.63) is 116 Å². The van der Waals surface area contributed by atoms with Gasteiger partial charge in [-0.2, -0.15) is 0 Å². The molecule has 0 radical (unpaired) electrons. The van der Waals surface area contributed by atoms with E-state index in [0.29, 0.717) is 5.82 Å². The zero-order chi connectivity index (χ0) is 22.7. The van der Waals surface area contributed by atoms with Gasteiger partial charge in [0.1, 0.15) is 5.82 Å². The maximum Gasteiger partial charge on any atom is 0.160 e. The summed E-state index contributed by atoms with van der Waals surface area (Å²) in [7, 11) is 0. The molecule has 0 aliphatic carbocycles. The normalized spacial score (nSPS) is 10.9. The molecule has 3 heterocycles.